The molecular weight excluding hydrogens is 492 g/mol. The number of amides is 1. The normalized spacial score (nSPS) is 13.6. The van der Waals surface area contributed by atoms with Crippen molar-refractivity contribution in [2.45, 2.75) is 39.4 Å². The number of hydrogen-bond donors (Lipinski definition) is 1. The van der Waals surface area contributed by atoms with Crippen molar-refractivity contribution >= 4 is 17.5 Å². The third kappa shape index (κ3) is 6.26. The molecule has 1 aliphatic rings. The molecule has 2 aromatic heterocycles. The minimum Gasteiger partial charge on any atom is -0.488 e. The molecule has 2 aromatic carbocycles. The summed E-state index contributed by atoms with van der Waals surface area (Å²) >= 11 is 0. The minimum absolute atomic E-state index is 0.268. The van der Waals surface area contributed by atoms with Gasteiger partial charge in [-0.3, -0.25) is 0 Å². The van der Waals surface area contributed by atoms with Crippen LogP contribution in [-0.2, 0) is 11.3 Å². The zero-order chi connectivity index (χ0) is 27.4. The maximum Gasteiger partial charge on any atom is 0.410 e. The van der Waals surface area contributed by atoms with Crippen molar-refractivity contribution in [3.8, 4) is 22.7 Å². The number of benzene rings is 2. The van der Waals surface area contributed by atoms with E-state index in [0.717, 1.165) is 22.3 Å². The van der Waals surface area contributed by atoms with E-state index in [4.69, 9.17) is 15.2 Å². The van der Waals surface area contributed by atoms with E-state index in [1.54, 1.807) is 15.8 Å². The van der Waals surface area contributed by atoms with Crippen LogP contribution in [0, 0.1) is 0 Å². The second kappa shape index (κ2) is 11.0. The third-order valence-electron chi connectivity index (χ3n) is 6.26. The molecule has 3 heterocycles. The molecule has 0 saturated heterocycles. The number of nitrogens with two attached hydrogens (primary N) is 1. The number of para-hydroxylation sites is 1. The molecule has 0 saturated carbocycles. The van der Waals surface area contributed by atoms with Crippen molar-refractivity contribution in [2.75, 3.05) is 18.8 Å². The number of hydrogen-bond acceptors (Lipinski definition) is 7. The van der Waals surface area contributed by atoms with Gasteiger partial charge in [0.05, 0.1) is 11.9 Å². The molecular formula is C30H32N6O3. The van der Waals surface area contributed by atoms with E-state index in [9.17, 15) is 4.79 Å². The monoisotopic (exact) mass is 524 g/mol. The van der Waals surface area contributed by atoms with Crippen molar-refractivity contribution in [2.24, 2.45) is 0 Å². The Labute approximate surface area is 227 Å². The lowest BCUT2D eigenvalue weighted by Crippen LogP contribution is -2.39. The zero-order valence-corrected chi connectivity index (χ0v) is 22.4. The van der Waals surface area contributed by atoms with Gasteiger partial charge in [-0.25, -0.2) is 9.48 Å². The van der Waals surface area contributed by atoms with Gasteiger partial charge in [0.1, 0.15) is 23.6 Å². The molecule has 0 unspecified atom stereocenters. The molecule has 0 atom stereocenters. The van der Waals surface area contributed by atoms with Crippen LogP contribution in [-0.4, -0.2) is 49.7 Å². The number of ether oxygens (including phenoxy) is 2. The first-order chi connectivity index (χ1) is 18.8. The lowest BCUT2D eigenvalue weighted by molar-refractivity contribution is 0.0270. The summed E-state index contributed by atoms with van der Waals surface area (Å²) in [6, 6.07) is 19.6. The average Bonchev–Trinajstić information content (AvgIpc) is 3.42. The second-order valence-electron chi connectivity index (χ2n) is 10.3. The Kier molecular flexibility index (Phi) is 7.31. The van der Waals surface area contributed by atoms with Gasteiger partial charge in [-0.05, 0) is 56.5 Å². The largest absolute Gasteiger partial charge is 0.488 e. The first-order valence-corrected chi connectivity index (χ1v) is 12.9. The summed E-state index contributed by atoms with van der Waals surface area (Å²) in [5, 5.41) is 13.1. The number of rotatable bonds is 6. The molecule has 2 N–H and O–H groups in total. The molecule has 9 nitrogen and oxygen atoms in total. The lowest BCUT2D eigenvalue weighted by Gasteiger charge is -2.29. The highest BCUT2D eigenvalue weighted by molar-refractivity contribution is 5.73. The molecule has 200 valence electrons. The Bertz CT molecular complexity index is 1490. The third-order valence-corrected chi connectivity index (χ3v) is 6.26. The van der Waals surface area contributed by atoms with Crippen molar-refractivity contribution in [1.29, 1.82) is 0 Å². The maximum atomic E-state index is 12.4. The van der Waals surface area contributed by atoms with E-state index >= 15 is 0 Å². The number of anilines is 1. The smallest absolute Gasteiger partial charge is 0.410 e. The fourth-order valence-electron chi connectivity index (χ4n) is 4.29. The van der Waals surface area contributed by atoms with Crippen molar-refractivity contribution < 1.29 is 14.3 Å². The quantitative estimate of drug-likeness (QED) is 0.354. The van der Waals surface area contributed by atoms with Gasteiger partial charge >= 0.3 is 6.09 Å². The van der Waals surface area contributed by atoms with E-state index in [1.807, 2.05) is 93.7 Å². The number of nitrogen functional groups attached to an aromatic ring is 1. The summed E-state index contributed by atoms with van der Waals surface area (Å²) in [5.74, 6) is 0.972. The highest BCUT2D eigenvalue weighted by Gasteiger charge is 2.24. The second-order valence-corrected chi connectivity index (χ2v) is 10.3. The van der Waals surface area contributed by atoms with Crippen LogP contribution in [0.3, 0.4) is 0 Å². The van der Waals surface area contributed by atoms with E-state index in [1.165, 1.54) is 0 Å². The maximum absolute atomic E-state index is 12.4. The fraction of sp³-hybridized carbons (Fsp3) is 0.267. The van der Waals surface area contributed by atoms with E-state index < -0.39 is 5.60 Å². The Morgan fingerprint density at radius 3 is 2.56 bits per heavy atom. The molecule has 0 fully saturated rings. The number of carbonyl (C=O) groups is 1. The molecule has 1 amide bonds. The predicted molar refractivity (Wildman–Crippen MR) is 150 cm³/mol. The van der Waals surface area contributed by atoms with Crippen LogP contribution >= 0.6 is 0 Å². The lowest BCUT2D eigenvalue weighted by atomic mass is 10.0. The van der Waals surface area contributed by atoms with Crippen molar-refractivity contribution in [3.05, 3.63) is 90.3 Å². The molecule has 0 aliphatic carbocycles. The van der Waals surface area contributed by atoms with Crippen LogP contribution in [0.5, 0.6) is 5.75 Å². The summed E-state index contributed by atoms with van der Waals surface area (Å²) in [7, 11) is 0. The van der Waals surface area contributed by atoms with Crippen LogP contribution in [0.4, 0.5) is 10.6 Å². The first-order valence-electron chi connectivity index (χ1n) is 12.9. The van der Waals surface area contributed by atoms with Gasteiger partial charge in [0.2, 0.25) is 0 Å². The van der Waals surface area contributed by atoms with Crippen molar-refractivity contribution in [3.63, 3.8) is 0 Å². The standard InChI is InChI=1S/C30H32N6O3/c1-30(2,3)39-29(37)35-15-13-22(14-16-35)23-18-32-36(19-23)26-17-25(33-34-28(26)31)24-11-7-8-12-27(24)38-20-21-9-5-4-6-10-21/h4-13,17-19H,14-16,20H2,1-3H3,(H2,31,34). The Hall–Kier alpha value is -4.66. The van der Waals surface area contributed by atoms with Gasteiger partial charge in [0.25, 0.3) is 0 Å². The number of carbonyl (C=O) groups excluding carboxylic acids is 1. The Balaban J connectivity index is 1.34. The summed E-state index contributed by atoms with van der Waals surface area (Å²) in [6.45, 7) is 7.10. The van der Waals surface area contributed by atoms with E-state index in [-0.39, 0.29) is 11.9 Å². The molecule has 0 spiro atoms. The highest BCUT2D eigenvalue weighted by atomic mass is 16.6. The topological polar surface area (TPSA) is 108 Å². The zero-order valence-electron chi connectivity index (χ0n) is 22.4. The Morgan fingerprint density at radius 2 is 1.82 bits per heavy atom. The van der Waals surface area contributed by atoms with Gasteiger partial charge in [-0.1, -0.05) is 48.5 Å². The molecule has 0 radical (unpaired) electrons. The predicted octanol–water partition coefficient (Wildman–Crippen LogP) is 5.51. The van der Waals surface area contributed by atoms with Crippen LogP contribution in [0.1, 0.15) is 38.3 Å². The van der Waals surface area contributed by atoms with Crippen LogP contribution in [0.25, 0.3) is 22.5 Å². The van der Waals surface area contributed by atoms with Gasteiger partial charge in [-0.15, -0.1) is 10.2 Å². The van der Waals surface area contributed by atoms with E-state index in [2.05, 4.69) is 15.3 Å². The average molecular weight is 525 g/mol. The molecule has 9 heteroatoms. The summed E-state index contributed by atoms with van der Waals surface area (Å²) in [5.41, 5.74) is 10.9. The van der Waals surface area contributed by atoms with Crippen LogP contribution in [0.2, 0.25) is 0 Å². The highest BCUT2D eigenvalue weighted by Crippen LogP contribution is 2.31. The Morgan fingerprint density at radius 1 is 1.05 bits per heavy atom. The first kappa shape index (κ1) is 26.0. The summed E-state index contributed by atoms with van der Waals surface area (Å²) in [6.07, 6.45) is 6.15. The van der Waals surface area contributed by atoms with E-state index in [0.29, 0.717) is 43.2 Å². The van der Waals surface area contributed by atoms with Gasteiger partial charge in [0, 0.05) is 30.4 Å². The molecule has 5 rings (SSSR count). The van der Waals surface area contributed by atoms with Gasteiger partial charge < -0.3 is 20.1 Å². The number of nitrogens with zero attached hydrogens (tertiary/aromatic N) is 5. The van der Waals surface area contributed by atoms with Crippen molar-refractivity contribution in [1.82, 2.24) is 24.9 Å². The molecule has 39 heavy (non-hydrogen) atoms. The molecule has 4 aromatic rings. The van der Waals surface area contributed by atoms with Crippen LogP contribution < -0.4 is 10.5 Å². The minimum atomic E-state index is -0.520. The fourth-order valence-corrected chi connectivity index (χ4v) is 4.29. The molecule has 1 aliphatic heterocycles. The summed E-state index contributed by atoms with van der Waals surface area (Å²) in [4.78, 5) is 14.1. The molecule has 0 bridgehead atoms. The SMILES string of the molecule is CC(C)(C)OC(=O)N1CC=C(c2cnn(-c3cc(-c4ccccc4OCc4ccccc4)nnc3N)c2)CC1. The summed E-state index contributed by atoms with van der Waals surface area (Å²) < 4.78 is 13.3. The van der Waals surface area contributed by atoms with Gasteiger partial charge in [0.15, 0.2) is 5.82 Å². The van der Waals surface area contributed by atoms with Crippen LogP contribution in [0.15, 0.2) is 79.1 Å². The number of aromatic nitrogens is 4. The van der Waals surface area contributed by atoms with Gasteiger partial charge in [-0.2, -0.15) is 5.10 Å².